The van der Waals surface area contributed by atoms with Crippen molar-refractivity contribution in [1.29, 1.82) is 0 Å². The quantitative estimate of drug-likeness (QED) is 0.636. The van der Waals surface area contributed by atoms with Crippen molar-refractivity contribution < 1.29 is 19.3 Å². The summed E-state index contributed by atoms with van der Waals surface area (Å²) in [6, 6.07) is 5.86. The molecular formula is C19H29N4O3+. The molecule has 1 aromatic carbocycles. The lowest BCUT2D eigenvalue weighted by molar-refractivity contribution is -0.862. The van der Waals surface area contributed by atoms with Crippen molar-refractivity contribution in [2.75, 3.05) is 38.5 Å². The molecule has 7 heteroatoms. The van der Waals surface area contributed by atoms with Gasteiger partial charge in [-0.1, -0.05) is 18.2 Å². The van der Waals surface area contributed by atoms with Gasteiger partial charge in [-0.3, -0.25) is 14.4 Å². The molecule has 0 aliphatic carbocycles. The van der Waals surface area contributed by atoms with Crippen molar-refractivity contribution in [2.45, 2.75) is 26.7 Å². The maximum atomic E-state index is 12.4. The summed E-state index contributed by atoms with van der Waals surface area (Å²) in [4.78, 5) is 38.6. The zero-order valence-electron chi connectivity index (χ0n) is 15.8. The Balaban J connectivity index is 1.85. The first-order valence-electron chi connectivity index (χ1n) is 9.02. The summed E-state index contributed by atoms with van der Waals surface area (Å²) in [7, 11) is 1.82. The van der Waals surface area contributed by atoms with E-state index in [4.69, 9.17) is 5.73 Å². The maximum absolute atomic E-state index is 12.4. The van der Waals surface area contributed by atoms with Crippen LogP contribution in [0.4, 0.5) is 5.69 Å². The number of carbonyl (C=O) groups excluding carboxylic acids is 3. The fourth-order valence-electron chi connectivity index (χ4n) is 3.34. The van der Waals surface area contributed by atoms with Crippen molar-refractivity contribution in [2.24, 2.45) is 11.7 Å². The zero-order valence-corrected chi connectivity index (χ0v) is 15.8. The second-order valence-electron chi connectivity index (χ2n) is 7.21. The molecule has 3 amide bonds. The lowest BCUT2D eigenvalue weighted by Gasteiger charge is -2.31. The minimum absolute atomic E-state index is 0.0478. The van der Waals surface area contributed by atoms with E-state index in [9.17, 15) is 14.4 Å². The average Bonchev–Trinajstić information content (AvgIpc) is 2.58. The van der Waals surface area contributed by atoms with E-state index in [1.807, 2.05) is 39.1 Å². The van der Waals surface area contributed by atoms with Gasteiger partial charge in [0.25, 0.3) is 11.8 Å². The van der Waals surface area contributed by atoms with Gasteiger partial charge in [0.1, 0.15) is 0 Å². The number of likely N-dealkylation sites (N-methyl/N-ethyl adjacent to an activating group) is 1. The normalized spacial score (nSPS) is 18.3. The summed E-state index contributed by atoms with van der Waals surface area (Å²) in [6.45, 7) is 5.35. The Kier molecular flexibility index (Phi) is 6.74. The Bertz CT molecular complexity index is 669. The van der Waals surface area contributed by atoms with Gasteiger partial charge in [-0.2, -0.15) is 0 Å². The summed E-state index contributed by atoms with van der Waals surface area (Å²) in [6.07, 6.45) is 1.52. The SMILES string of the molecule is Cc1cccc(C)c1NC(=O)C[NH+](C)CC(=O)N1CCC[C@@H](C(N)=O)C1. The van der Waals surface area contributed by atoms with Crippen molar-refractivity contribution in [3.8, 4) is 0 Å². The molecule has 0 bridgehead atoms. The molecule has 1 saturated heterocycles. The van der Waals surface area contributed by atoms with Crippen LogP contribution in [0.15, 0.2) is 18.2 Å². The van der Waals surface area contributed by atoms with Crippen molar-refractivity contribution in [3.63, 3.8) is 0 Å². The first-order valence-corrected chi connectivity index (χ1v) is 9.02. The molecule has 0 radical (unpaired) electrons. The molecule has 1 aliphatic rings. The number of hydrogen-bond donors (Lipinski definition) is 3. The second kappa shape index (κ2) is 8.80. The van der Waals surface area contributed by atoms with Crippen LogP contribution in [0.25, 0.3) is 0 Å². The summed E-state index contributed by atoms with van der Waals surface area (Å²) in [5.41, 5.74) is 8.21. The molecule has 2 atom stereocenters. The van der Waals surface area contributed by atoms with Crippen LogP contribution in [0.3, 0.4) is 0 Å². The Morgan fingerprint density at radius 3 is 2.50 bits per heavy atom. The number of primary amides is 1. The standard InChI is InChI=1S/C19H28N4O3/c1-13-6-4-7-14(2)18(13)21-16(24)11-22(3)12-17(25)23-9-5-8-15(10-23)19(20)26/h4,6-7,15H,5,8-12H2,1-3H3,(H2,20,26)(H,21,24)/p+1/t15-/m1/s1. The summed E-state index contributed by atoms with van der Waals surface area (Å²) < 4.78 is 0. The fraction of sp³-hybridized carbons (Fsp3) is 0.526. The van der Waals surface area contributed by atoms with Gasteiger partial charge in [-0.25, -0.2) is 0 Å². The molecule has 0 spiro atoms. The average molecular weight is 361 g/mol. The van der Waals surface area contributed by atoms with E-state index in [1.165, 1.54) is 0 Å². The van der Waals surface area contributed by atoms with Gasteiger partial charge in [-0.15, -0.1) is 0 Å². The molecule has 2 rings (SSSR count). The number of quaternary nitrogens is 1. The lowest BCUT2D eigenvalue weighted by atomic mass is 9.97. The third-order valence-electron chi connectivity index (χ3n) is 4.84. The number of nitrogens with one attached hydrogen (secondary N) is 2. The topological polar surface area (TPSA) is 96.9 Å². The molecule has 1 unspecified atom stereocenters. The van der Waals surface area contributed by atoms with E-state index in [0.29, 0.717) is 13.1 Å². The molecule has 1 aliphatic heterocycles. The fourth-order valence-corrected chi connectivity index (χ4v) is 3.34. The van der Waals surface area contributed by atoms with Crippen LogP contribution < -0.4 is 16.0 Å². The molecular weight excluding hydrogens is 332 g/mol. The third-order valence-corrected chi connectivity index (χ3v) is 4.84. The van der Waals surface area contributed by atoms with Crippen molar-refractivity contribution in [3.05, 3.63) is 29.3 Å². The maximum Gasteiger partial charge on any atom is 0.279 e. The van der Waals surface area contributed by atoms with Gasteiger partial charge < -0.3 is 20.9 Å². The summed E-state index contributed by atoms with van der Waals surface area (Å²) in [5, 5.41) is 2.94. The number of hydrogen-bond acceptors (Lipinski definition) is 3. The highest BCUT2D eigenvalue weighted by Gasteiger charge is 2.28. The van der Waals surface area contributed by atoms with E-state index in [-0.39, 0.29) is 36.7 Å². The minimum atomic E-state index is -0.351. The Morgan fingerprint density at radius 2 is 1.88 bits per heavy atom. The van der Waals surface area contributed by atoms with Gasteiger partial charge in [0.2, 0.25) is 5.91 Å². The first-order chi connectivity index (χ1) is 12.3. The number of piperidine rings is 1. The predicted octanol–water partition coefficient (Wildman–Crippen LogP) is -0.519. The van der Waals surface area contributed by atoms with Crippen LogP contribution in [-0.4, -0.2) is 55.8 Å². The molecule has 0 saturated carbocycles. The van der Waals surface area contributed by atoms with E-state index in [2.05, 4.69) is 5.32 Å². The van der Waals surface area contributed by atoms with E-state index in [0.717, 1.165) is 34.6 Å². The van der Waals surface area contributed by atoms with Crippen LogP contribution in [0.5, 0.6) is 0 Å². The molecule has 7 nitrogen and oxygen atoms in total. The largest absolute Gasteiger partial charge is 0.369 e. The third kappa shape index (κ3) is 5.29. The number of carbonyl (C=O) groups is 3. The van der Waals surface area contributed by atoms with Crippen LogP contribution in [-0.2, 0) is 14.4 Å². The van der Waals surface area contributed by atoms with Gasteiger partial charge in [0.15, 0.2) is 13.1 Å². The van der Waals surface area contributed by atoms with Crippen LogP contribution in [0.1, 0.15) is 24.0 Å². The number of nitrogens with two attached hydrogens (primary N) is 1. The second-order valence-corrected chi connectivity index (χ2v) is 7.21. The minimum Gasteiger partial charge on any atom is -0.369 e. The monoisotopic (exact) mass is 361 g/mol. The number of anilines is 1. The molecule has 142 valence electrons. The number of rotatable bonds is 6. The number of amides is 3. The predicted molar refractivity (Wildman–Crippen MR) is 99.7 cm³/mol. The zero-order chi connectivity index (χ0) is 19.3. The molecule has 0 aromatic heterocycles. The van der Waals surface area contributed by atoms with E-state index in [1.54, 1.807) is 4.90 Å². The van der Waals surface area contributed by atoms with Gasteiger partial charge >= 0.3 is 0 Å². The van der Waals surface area contributed by atoms with Gasteiger partial charge in [0.05, 0.1) is 13.0 Å². The number of likely N-dealkylation sites (tertiary alicyclic amines) is 1. The summed E-state index contributed by atoms with van der Waals surface area (Å²) in [5.74, 6) is -0.786. The van der Waals surface area contributed by atoms with E-state index < -0.39 is 0 Å². The number of benzene rings is 1. The number of aryl methyl sites for hydroxylation is 2. The number of nitrogens with zero attached hydrogens (tertiary/aromatic N) is 1. The van der Waals surface area contributed by atoms with Crippen LogP contribution in [0.2, 0.25) is 0 Å². The molecule has 1 heterocycles. The van der Waals surface area contributed by atoms with Crippen LogP contribution in [0, 0.1) is 19.8 Å². The van der Waals surface area contributed by atoms with E-state index >= 15 is 0 Å². The Hall–Kier alpha value is -2.41. The highest BCUT2D eigenvalue weighted by molar-refractivity contribution is 5.93. The summed E-state index contributed by atoms with van der Waals surface area (Å²) >= 11 is 0. The van der Waals surface area contributed by atoms with Gasteiger partial charge in [-0.05, 0) is 37.8 Å². The highest BCUT2D eigenvalue weighted by atomic mass is 16.2. The molecule has 1 aromatic rings. The Morgan fingerprint density at radius 1 is 1.23 bits per heavy atom. The lowest BCUT2D eigenvalue weighted by Crippen LogP contribution is -3.11. The van der Waals surface area contributed by atoms with Crippen molar-refractivity contribution in [1.82, 2.24) is 4.90 Å². The first kappa shape index (κ1) is 19.9. The molecule has 26 heavy (non-hydrogen) atoms. The van der Waals surface area contributed by atoms with Crippen LogP contribution >= 0.6 is 0 Å². The van der Waals surface area contributed by atoms with Crippen molar-refractivity contribution >= 4 is 23.4 Å². The van der Waals surface area contributed by atoms with Gasteiger partial charge in [0, 0.05) is 18.8 Å². The Labute approximate surface area is 154 Å². The smallest absolute Gasteiger partial charge is 0.279 e. The number of para-hydroxylation sites is 1. The molecule has 4 N–H and O–H groups in total. The molecule has 1 fully saturated rings. The highest BCUT2D eigenvalue weighted by Crippen LogP contribution is 2.19.